The van der Waals surface area contributed by atoms with Crippen LogP contribution in [0.1, 0.15) is 0 Å². The van der Waals surface area contributed by atoms with Crippen molar-refractivity contribution in [2.45, 2.75) is 0 Å². The van der Waals surface area contributed by atoms with Crippen LogP contribution < -0.4 is 4.52 Å². The molecule has 1 aromatic rings. The minimum absolute atomic E-state index is 0.519. The van der Waals surface area contributed by atoms with E-state index in [1.807, 2.05) is 5.38 Å². The molecule has 0 bridgehead atoms. The second-order valence-corrected chi connectivity index (χ2v) is 4.52. The summed E-state index contributed by atoms with van der Waals surface area (Å²) in [4.78, 5) is 17.7. The molecule has 0 spiro atoms. The third-order valence-electron chi connectivity index (χ3n) is 0.773. The molecule has 0 unspecified atom stereocenters. The lowest BCUT2D eigenvalue weighted by Crippen LogP contribution is -1.95. The molecule has 0 aliphatic carbocycles. The molecule has 0 aromatic carbocycles. The quantitative estimate of drug-likeness (QED) is 0.676. The van der Waals surface area contributed by atoms with Gasteiger partial charge in [-0.1, -0.05) is 0 Å². The molecule has 0 saturated carbocycles. The fourth-order valence-electron chi connectivity index (χ4n) is 0.504. The monoisotopic (exact) mass is 179 g/mol. The van der Waals surface area contributed by atoms with Crippen molar-refractivity contribution in [2.24, 2.45) is 0 Å². The molecule has 3 nitrogen and oxygen atoms in total. The van der Waals surface area contributed by atoms with E-state index in [0.29, 0.717) is 5.75 Å². The van der Waals surface area contributed by atoms with Crippen molar-refractivity contribution >= 4 is 19.3 Å². The third-order valence-corrected chi connectivity index (χ3v) is 1.99. The van der Waals surface area contributed by atoms with Gasteiger partial charge in [0.2, 0.25) is 0 Å². The molecule has 0 radical (unpaired) electrons. The Morgan fingerprint density at radius 1 is 1.60 bits per heavy atom. The predicted molar refractivity (Wildman–Crippen MR) is 42.2 cm³/mol. The summed E-state index contributed by atoms with van der Waals surface area (Å²) in [5, 5.41) is 3.52. The lowest BCUT2D eigenvalue weighted by atomic mass is 10.6. The minimum Gasteiger partial charge on any atom is -0.287 e. The molecule has 1 rings (SSSR count). The molecular formula is C5H8O3PS+. The van der Waals surface area contributed by atoms with Gasteiger partial charge in [-0.05, 0) is 11.4 Å². The molecule has 0 aliphatic heterocycles. The molecule has 1 aromatic heterocycles. The standard InChI is InChI=1S/C5H8O3PS/c1-9(6,7)8-5-2-3-10-4-5/h2-4,6-7H,1H3/q+1. The zero-order valence-electron chi connectivity index (χ0n) is 5.39. The lowest BCUT2D eigenvalue weighted by molar-refractivity contribution is 0.348. The van der Waals surface area contributed by atoms with Gasteiger partial charge in [0.15, 0.2) is 5.75 Å². The highest BCUT2D eigenvalue weighted by molar-refractivity contribution is 7.59. The zero-order chi connectivity index (χ0) is 7.61. The number of hydrogen-bond acceptors (Lipinski definition) is 4. The minimum atomic E-state index is -3.10. The van der Waals surface area contributed by atoms with E-state index in [1.54, 1.807) is 11.4 Å². The van der Waals surface area contributed by atoms with Gasteiger partial charge in [-0.3, -0.25) is 4.52 Å². The highest BCUT2D eigenvalue weighted by atomic mass is 32.1. The van der Waals surface area contributed by atoms with E-state index in [0.717, 1.165) is 0 Å². The first-order valence-electron chi connectivity index (χ1n) is 2.62. The van der Waals surface area contributed by atoms with Gasteiger partial charge in [-0.15, -0.1) is 11.3 Å². The largest absolute Gasteiger partial charge is 0.448 e. The van der Waals surface area contributed by atoms with Crippen LogP contribution in [0.25, 0.3) is 0 Å². The topological polar surface area (TPSA) is 49.7 Å². The summed E-state index contributed by atoms with van der Waals surface area (Å²) in [7, 11) is -3.10. The van der Waals surface area contributed by atoms with Crippen LogP contribution in [0.4, 0.5) is 0 Å². The molecule has 0 amide bonds. The smallest absolute Gasteiger partial charge is 0.287 e. The number of thiophene rings is 1. The Morgan fingerprint density at radius 2 is 2.30 bits per heavy atom. The van der Waals surface area contributed by atoms with Gasteiger partial charge >= 0.3 is 7.94 Å². The molecule has 56 valence electrons. The summed E-state index contributed by atoms with van der Waals surface area (Å²) >= 11 is 1.45. The average molecular weight is 179 g/mol. The highest BCUT2D eigenvalue weighted by Gasteiger charge is 2.28. The van der Waals surface area contributed by atoms with E-state index in [-0.39, 0.29) is 0 Å². The maximum absolute atomic E-state index is 8.84. The molecule has 0 aliphatic rings. The van der Waals surface area contributed by atoms with Crippen molar-refractivity contribution in [3.05, 3.63) is 16.8 Å². The third kappa shape index (κ3) is 2.62. The Balaban J connectivity index is 2.57. The molecule has 0 fully saturated rings. The van der Waals surface area contributed by atoms with Gasteiger partial charge in [0.25, 0.3) is 0 Å². The Bertz CT molecular complexity index is 191. The molecule has 10 heavy (non-hydrogen) atoms. The van der Waals surface area contributed by atoms with Crippen LogP contribution in [-0.4, -0.2) is 16.5 Å². The van der Waals surface area contributed by atoms with E-state index in [9.17, 15) is 0 Å². The van der Waals surface area contributed by atoms with Crippen LogP contribution in [0.5, 0.6) is 5.75 Å². The molecule has 0 saturated heterocycles. The summed E-state index contributed by atoms with van der Waals surface area (Å²) < 4.78 is 4.77. The van der Waals surface area contributed by atoms with Gasteiger partial charge in [-0.25, -0.2) is 0 Å². The molecule has 5 heteroatoms. The van der Waals surface area contributed by atoms with Crippen molar-refractivity contribution in [3.8, 4) is 5.75 Å². The van der Waals surface area contributed by atoms with Gasteiger partial charge < -0.3 is 0 Å². The molecular weight excluding hydrogens is 171 g/mol. The lowest BCUT2D eigenvalue weighted by Gasteiger charge is -2.03. The maximum Gasteiger partial charge on any atom is 0.448 e. The van der Waals surface area contributed by atoms with E-state index in [2.05, 4.69) is 0 Å². The van der Waals surface area contributed by atoms with E-state index in [4.69, 9.17) is 14.3 Å². The predicted octanol–water partition coefficient (Wildman–Crippen LogP) is 1.50. The van der Waals surface area contributed by atoms with Crippen molar-refractivity contribution < 1.29 is 14.3 Å². The summed E-state index contributed by atoms with van der Waals surface area (Å²) in [6.07, 6.45) is 0. The van der Waals surface area contributed by atoms with E-state index < -0.39 is 7.94 Å². The van der Waals surface area contributed by atoms with Gasteiger partial charge in [-0.2, -0.15) is 9.79 Å². The first kappa shape index (κ1) is 7.95. The SMILES string of the molecule is C[P+](O)(O)Oc1ccsc1. The fourth-order valence-corrected chi connectivity index (χ4v) is 1.64. The Hall–Kier alpha value is -0.150. The molecule has 2 N–H and O–H groups in total. The van der Waals surface area contributed by atoms with Gasteiger partial charge in [0.1, 0.15) is 6.66 Å². The summed E-state index contributed by atoms with van der Waals surface area (Å²) in [6, 6.07) is 1.69. The van der Waals surface area contributed by atoms with Crippen molar-refractivity contribution in [3.63, 3.8) is 0 Å². The van der Waals surface area contributed by atoms with Crippen LogP contribution in [0, 0.1) is 0 Å². The first-order chi connectivity index (χ1) is 4.58. The van der Waals surface area contributed by atoms with Crippen LogP contribution in [0.2, 0.25) is 0 Å². The highest BCUT2D eigenvalue weighted by Crippen LogP contribution is 2.46. The summed E-state index contributed by atoms with van der Waals surface area (Å²) in [5.41, 5.74) is 0. The second kappa shape index (κ2) is 2.84. The van der Waals surface area contributed by atoms with Crippen molar-refractivity contribution in [1.29, 1.82) is 0 Å². The molecule has 1 heterocycles. The Labute approximate surface area is 63.5 Å². The Kier molecular flexibility index (Phi) is 2.26. The summed E-state index contributed by atoms with van der Waals surface area (Å²) in [6.45, 7) is 1.27. The first-order valence-corrected chi connectivity index (χ1v) is 5.62. The van der Waals surface area contributed by atoms with Crippen LogP contribution in [0.15, 0.2) is 16.8 Å². The molecule has 0 atom stereocenters. The van der Waals surface area contributed by atoms with Crippen molar-refractivity contribution in [2.75, 3.05) is 6.66 Å². The van der Waals surface area contributed by atoms with Crippen LogP contribution >= 0.6 is 19.3 Å². The normalized spacial score (nSPS) is 11.5. The summed E-state index contributed by atoms with van der Waals surface area (Å²) in [5.74, 6) is 0.519. The maximum atomic E-state index is 8.84. The Morgan fingerprint density at radius 3 is 2.70 bits per heavy atom. The fraction of sp³-hybridized carbons (Fsp3) is 0.200. The van der Waals surface area contributed by atoms with Crippen LogP contribution in [0.3, 0.4) is 0 Å². The van der Waals surface area contributed by atoms with Gasteiger partial charge in [0.05, 0.1) is 0 Å². The number of rotatable bonds is 2. The van der Waals surface area contributed by atoms with Gasteiger partial charge in [0, 0.05) is 5.38 Å². The zero-order valence-corrected chi connectivity index (χ0v) is 7.10. The van der Waals surface area contributed by atoms with E-state index >= 15 is 0 Å². The van der Waals surface area contributed by atoms with Crippen molar-refractivity contribution in [1.82, 2.24) is 0 Å². The second-order valence-electron chi connectivity index (χ2n) is 1.89. The number of hydrogen-bond donors (Lipinski definition) is 2. The average Bonchev–Trinajstić information content (AvgIpc) is 2.12. The van der Waals surface area contributed by atoms with E-state index in [1.165, 1.54) is 18.0 Å². The van der Waals surface area contributed by atoms with Crippen LogP contribution in [-0.2, 0) is 0 Å².